The summed E-state index contributed by atoms with van der Waals surface area (Å²) >= 11 is 5.92. The molecule has 1 fully saturated rings. The molecule has 2 rings (SSSR count). The molecule has 5 nitrogen and oxygen atoms in total. The van der Waals surface area contributed by atoms with Gasteiger partial charge in [0.05, 0.1) is 23.4 Å². The van der Waals surface area contributed by atoms with Crippen LogP contribution >= 0.6 is 11.6 Å². The van der Waals surface area contributed by atoms with Gasteiger partial charge in [-0.25, -0.2) is 0 Å². The first-order valence-electron chi connectivity index (χ1n) is 6.87. The highest BCUT2D eigenvalue weighted by molar-refractivity contribution is 6.31. The molecule has 20 heavy (non-hydrogen) atoms. The van der Waals surface area contributed by atoms with E-state index in [0.29, 0.717) is 16.3 Å². The summed E-state index contributed by atoms with van der Waals surface area (Å²) in [5.74, 6) is 5.13. The number of carbonyl (C=O) groups is 1. The molecular weight excluding hydrogens is 278 g/mol. The van der Waals surface area contributed by atoms with Crippen molar-refractivity contribution in [2.24, 2.45) is 5.84 Å². The topological polar surface area (TPSA) is 87.4 Å². The van der Waals surface area contributed by atoms with Gasteiger partial charge in [0.25, 0.3) is 5.91 Å². The number of anilines is 1. The summed E-state index contributed by atoms with van der Waals surface area (Å²) < 4.78 is 0. The van der Waals surface area contributed by atoms with Crippen LogP contribution in [0.1, 0.15) is 42.5 Å². The molecule has 1 aromatic rings. The molecule has 0 bridgehead atoms. The maximum absolute atomic E-state index is 12.3. The van der Waals surface area contributed by atoms with Gasteiger partial charge in [0.1, 0.15) is 0 Å². The van der Waals surface area contributed by atoms with Crippen LogP contribution in [0.2, 0.25) is 5.02 Å². The molecule has 110 valence electrons. The van der Waals surface area contributed by atoms with Crippen molar-refractivity contribution in [2.45, 2.75) is 44.2 Å². The minimum absolute atomic E-state index is 0.213. The Hall–Kier alpha value is -1.30. The van der Waals surface area contributed by atoms with Gasteiger partial charge in [-0.3, -0.25) is 10.6 Å². The predicted octanol–water partition coefficient (Wildman–Crippen LogP) is 2.05. The monoisotopic (exact) mass is 297 g/mol. The Kier molecular flexibility index (Phi) is 5.23. The highest BCUT2D eigenvalue weighted by Gasteiger charge is 2.24. The Labute approximate surface area is 123 Å². The van der Waals surface area contributed by atoms with Crippen molar-refractivity contribution in [1.29, 1.82) is 0 Å². The Bertz CT molecular complexity index is 481. The van der Waals surface area contributed by atoms with Crippen LogP contribution in [0.5, 0.6) is 0 Å². The van der Waals surface area contributed by atoms with Gasteiger partial charge >= 0.3 is 0 Å². The van der Waals surface area contributed by atoms with Crippen molar-refractivity contribution in [3.05, 3.63) is 28.8 Å². The number of hydrogen-bond donors (Lipinski definition) is 4. The molecule has 0 heterocycles. The van der Waals surface area contributed by atoms with Gasteiger partial charge in [0.2, 0.25) is 0 Å². The van der Waals surface area contributed by atoms with Gasteiger partial charge in [-0.1, -0.05) is 30.9 Å². The average molecular weight is 298 g/mol. The zero-order valence-electron chi connectivity index (χ0n) is 11.2. The summed E-state index contributed by atoms with van der Waals surface area (Å²) in [4.78, 5) is 12.3. The van der Waals surface area contributed by atoms with Crippen LogP contribution in [0.25, 0.3) is 0 Å². The smallest absolute Gasteiger partial charge is 0.253 e. The lowest BCUT2D eigenvalue weighted by atomic mass is 10.0. The number of rotatable bonds is 3. The molecule has 6 heteroatoms. The lowest BCUT2D eigenvalue weighted by Crippen LogP contribution is -2.42. The van der Waals surface area contributed by atoms with E-state index in [4.69, 9.17) is 17.4 Å². The van der Waals surface area contributed by atoms with Crippen LogP contribution in [0.3, 0.4) is 0 Å². The first kappa shape index (κ1) is 15.1. The van der Waals surface area contributed by atoms with E-state index in [2.05, 4.69) is 10.7 Å². The largest absolute Gasteiger partial charge is 0.391 e. The lowest BCUT2D eigenvalue weighted by molar-refractivity contribution is 0.0819. The average Bonchev–Trinajstić information content (AvgIpc) is 2.64. The maximum atomic E-state index is 12.3. The van der Waals surface area contributed by atoms with E-state index < -0.39 is 6.10 Å². The van der Waals surface area contributed by atoms with Gasteiger partial charge in [-0.2, -0.15) is 0 Å². The summed E-state index contributed by atoms with van der Waals surface area (Å²) in [6, 6.07) is 4.67. The minimum Gasteiger partial charge on any atom is -0.391 e. The molecule has 0 saturated heterocycles. The van der Waals surface area contributed by atoms with Crippen molar-refractivity contribution >= 4 is 23.2 Å². The standard InChI is InChI=1S/C14H20ClN3O2/c15-9-6-7-11(18-16)10(8-9)14(20)17-12-4-2-1-3-5-13(12)19/h6-8,12-13,18-19H,1-5,16H2,(H,17,20). The van der Waals surface area contributed by atoms with Crippen LogP contribution in [0, 0.1) is 0 Å². The molecule has 2 atom stereocenters. The number of hydrogen-bond acceptors (Lipinski definition) is 4. The number of nitrogen functional groups attached to an aromatic ring is 1. The third-order valence-corrected chi connectivity index (χ3v) is 3.91. The van der Waals surface area contributed by atoms with Crippen LogP contribution in [-0.4, -0.2) is 23.2 Å². The normalized spacial score (nSPS) is 22.9. The minimum atomic E-state index is -0.491. The first-order chi connectivity index (χ1) is 9.61. The second-order valence-corrected chi connectivity index (χ2v) is 5.56. The number of carbonyl (C=O) groups excluding carboxylic acids is 1. The first-order valence-corrected chi connectivity index (χ1v) is 7.24. The van der Waals surface area contributed by atoms with Crippen LogP contribution in [0.4, 0.5) is 5.69 Å². The number of nitrogens with one attached hydrogen (secondary N) is 2. The van der Waals surface area contributed by atoms with Gasteiger partial charge in [0, 0.05) is 5.02 Å². The van der Waals surface area contributed by atoms with E-state index in [1.807, 2.05) is 0 Å². The SMILES string of the molecule is NNc1ccc(Cl)cc1C(=O)NC1CCCCCC1O. The van der Waals surface area contributed by atoms with Crippen LogP contribution < -0.4 is 16.6 Å². The highest BCUT2D eigenvalue weighted by Crippen LogP contribution is 2.22. The number of hydrazine groups is 1. The molecule has 0 aliphatic heterocycles. The molecule has 1 saturated carbocycles. The summed E-state index contributed by atoms with van der Waals surface area (Å²) in [6.07, 6.45) is 4.13. The van der Waals surface area contributed by atoms with E-state index in [1.165, 1.54) is 0 Å². The second kappa shape index (κ2) is 6.92. The molecular formula is C14H20ClN3O2. The quantitative estimate of drug-likeness (QED) is 0.391. The third kappa shape index (κ3) is 3.62. The fraction of sp³-hybridized carbons (Fsp3) is 0.500. The van der Waals surface area contributed by atoms with Gasteiger partial charge in [-0.05, 0) is 31.0 Å². The molecule has 1 aliphatic rings. The van der Waals surface area contributed by atoms with E-state index in [-0.39, 0.29) is 11.9 Å². The van der Waals surface area contributed by atoms with Gasteiger partial charge in [0.15, 0.2) is 0 Å². The van der Waals surface area contributed by atoms with Crippen molar-refractivity contribution < 1.29 is 9.90 Å². The molecule has 5 N–H and O–H groups in total. The molecule has 0 radical (unpaired) electrons. The lowest BCUT2D eigenvalue weighted by Gasteiger charge is -2.22. The van der Waals surface area contributed by atoms with Crippen LogP contribution in [0.15, 0.2) is 18.2 Å². The van der Waals surface area contributed by atoms with E-state index >= 15 is 0 Å². The Balaban J connectivity index is 2.12. The number of amides is 1. The molecule has 0 spiro atoms. The Morgan fingerprint density at radius 2 is 2.05 bits per heavy atom. The fourth-order valence-corrected chi connectivity index (χ4v) is 2.70. The highest BCUT2D eigenvalue weighted by atomic mass is 35.5. The molecule has 1 aromatic carbocycles. The molecule has 1 aliphatic carbocycles. The number of aliphatic hydroxyl groups excluding tert-OH is 1. The second-order valence-electron chi connectivity index (χ2n) is 5.12. The summed E-state index contributed by atoms with van der Waals surface area (Å²) in [5.41, 5.74) is 3.38. The number of aliphatic hydroxyl groups is 1. The Morgan fingerprint density at radius 1 is 1.30 bits per heavy atom. The molecule has 2 unspecified atom stereocenters. The van der Waals surface area contributed by atoms with E-state index in [0.717, 1.165) is 32.1 Å². The zero-order valence-corrected chi connectivity index (χ0v) is 12.0. The summed E-state index contributed by atoms with van der Waals surface area (Å²) in [6.45, 7) is 0. The zero-order chi connectivity index (χ0) is 14.5. The van der Waals surface area contributed by atoms with Crippen molar-refractivity contribution in [2.75, 3.05) is 5.43 Å². The molecule has 0 aromatic heterocycles. The fourth-order valence-electron chi connectivity index (χ4n) is 2.53. The maximum Gasteiger partial charge on any atom is 0.253 e. The van der Waals surface area contributed by atoms with E-state index in [1.54, 1.807) is 18.2 Å². The van der Waals surface area contributed by atoms with Gasteiger partial charge in [-0.15, -0.1) is 0 Å². The molecule has 1 amide bonds. The van der Waals surface area contributed by atoms with Crippen molar-refractivity contribution in [3.8, 4) is 0 Å². The number of benzene rings is 1. The summed E-state index contributed by atoms with van der Waals surface area (Å²) in [7, 11) is 0. The van der Waals surface area contributed by atoms with Crippen molar-refractivity contribution in [1.82, 2.24) is 5.32 Å². The Morgan fingerprint density at radius 3 is 2.80 bits per heavy atom. The van der Waals surface area contributed by atoms with Crippen molar-refractivity contribution in [3.63, 3.8) is 0 Å². The third-order valence-electron chi connectivity index (χ3n) is 3.68. The summed E-state index contributed by atoms with van der Waals surface area (Å²) in [5, 5.41) is 13.4. The predicted molar refractivity (Wildman–Crippen MR) is 79.6 cm³/mol. The van der Waals surface area contributed by atoms with E-state index in [9.17, 15) is 9.90 Å². The number of halogens is 1. The van der Waals surface area contributed by atoms with Gasteiger partial charge < -0.3 is 15.8 Å². The van der Waals surface area contributed by atoms with Crippen LogP contribution in [-0.2, 0) is 0 Å². The number of nitrogens with two attached hydrogens (primary N) is 1.